The second-order valence-electron chi connectivity index (χ2n) is 4.47. The Kier molecular flexibility index (Phi) is 4.34. The summed E-state index contributed by atoms with van der Waals surface area (Å²) in [6.07, 6.45) is 4.12. The number of rotatable bonds is 5. The normalized spacial score (nSPS) is 14.9. The topological polar surface area (TPSA) is 20.2 Å². The maximum atomic E-state index is 10.2. The van der Waals surface area contributed by atoms with Crippen LogP contribution >= 0.6 is 0 Å². The molecule has 0 fully saturated rings. The van der Waals surface area contributed by atoms with E-state index in [0.717, 1.165) is 24.8 Å². The molecule has 1 aromatic carbocycles. The molecule has 0 heterocycles. The van der Waals surface area contributed by atoms with Crippen molar-refractivity contribution in [1.82, 2.24) is 0 Å². The lowest BCUT2D eigenvalue weighted by atomic mass is 9.90. The van der Waals surface area contributed by atoms with Crippen LogP contribution in [0.1, 0.15) is 51.2 Å². The predicted molar refractivity (Wildman–Crippen MR) is 64.9 cm³/mol. The first-order valence-electron chi connectivity index (χ1n) is 5.92. The van der Waals surface area contributed by atoms with Crippen molar-refractivity contribution in [1.29, 1.82) is 0 Å². The van der Waals surface area contributed by atoms with E-state index in [4.69, 9.17) is 0 Å². The van der Waals surface area contributed by atoms with Gasteiger partial charge in [0.15, 0.2) is 0 Å². The molecule has 15 heavy (non-hydrogen) atoms. The molecular formula is C14H22O. The van der Waals surface area contributed by atoms with Crippen molar-refractivity contribution in [3.63, 3.8) is 0 Å². The van der Waals surface area contributed by atoms with Crippen LogP contribution in [0.25, 0.3) is 0 Å². The van der Waals surface area contributed by atoms with Gasteiger partial charge in [0.25, 0.3) is 0 Å². The molecule has 1 N–H and O–H groups in total. The van der Waals surface area contributed by atoms with E-state index in [1.807, 2.05) is 6.92 Å². The number of aryl methyl sites for hydroxylation is 1. The standard InChI is InChI=1S/C14H22O/c1-4-6-12-7-9-13(10-8-12)14(3,15)11-5-2/h7-10,15H,4-6,11H2,1-3H3/t14-/m0/s1. The molecule has 0 unspecified atom stereocenters. The minimum Gasteiger partial charge on any atom is -0.385 e. The van der Waals surface area contributed by atoms with Crippen LogP contribution < -0.4 is 0 Å². The van der Waals surface area contributed by atoms with Gasteiger partial charge in [-0.05, 0) is 30.9 Å². The van der Waals surface area contributed by atoms with Crippen LogP contribution in [-0.2, 0) is 12.0 Å². The Bertz CT molecular complexity index is 285. The maximum Gasteiger partial charge on any atom is 0.0868 e. The Balaban J connectivity index is 2.78. The summed E-state index contributed by atoms with van der Waals surface area (Å²) in [4.78, 5) is 0. The van der Waals surface area contributed by atoms with Crippen LogP contribution in [0.2, 0.25) is 0 Å². The van der Waals surface area contributed by atoms with Gasteiger partial charge < -0.3 is 5.11 Å². The van der Waals surface area contributed by atoms with Gasteiger partial charge in [-0.15, -0.1) is 0 Å². The molecule has 0 aliphatic carbocycles. The van der Waals surface area contributed by atoms with E-state index < -0.39 is 5.60 Å². The lowest BCUT2D eigenvalue weighted by Gasteiger charge is -2.23. The molecule has 0 spiro atoms. The molecule has 1 nitrogen and oxygen atoms in total. The third-order valence-corrected chi connectivity index (χ3v) is 2.85. The molecule has 0 radical (unpaired) electrons. The first kappa shape index (κ1) is 12.3. The van der Waals surface area contributed by atoms with Gasteiger partial charge in [0.2, 0.25) is 0 Å². The largest absolute Gasteiger partial charge is 0.385 e. The summed E-state index contributed by atoms with van der Waals surface area (Å²) >= 11 is 0. The Morgan fingerprint density at radius 3 is 2.13 bits per heavy atom. The first-order chi connectivity index (χ1) is 7.10. The van der Waals surface area contributed by atoms with E-state index in [2.05, 4.69) is 38.1 Å². The van der Waals surface area contributed by atoms with Gasteiger partial charge in [0.05, 0.1) is 5.60 Å². The molecule has 1 heteroatoms. The third kappa shape index (κ3) is 3.35. The Hall–Kier alpha value is -0.820. The summed E-state index contributed by atoms with van der Waals surface area (Å²) in [5.41, 5.74) is 1.72. The van der Waals surface area contributed by atoms with E-state index in [0.29, 0.717) is 0 Å². The minimum atomic E-state index is -0.667. The monoisotopic (exact) mass is 206 g/mol. The minimum absolute atomic E-state index is 0.667. The molecule has 0 aliphatic heterocycles. The van der Waals surface area contributed by atoms with Crippen LogP contribution in [0.3, 0.4) is 0 Å². The van der Waals surface area contributed by atoms with E-state index in [9.17, 15) is 5.11 Å². The van der Waals surface area contributed by atoms with Crippen molar-refractivity contribution in [3.05, 3.63) is 35.4 Å². The highest BCUT2D eigenvalue weighted by Gasteiger charge is 2.21. The number of hydrogen-bond acceptors (Lipinski definition) is 1. The number of benzene rings is 1. The van der Waals surface area contributed by atoms with Crippen LogP contribution in [0.4, 0.5) is 0 Å². The van der Waals surface area contributed by atoms with E-state index in [1.54, 1.807) is 0 Å². The summed E-state index contributed by atoms with van der Waals surface area (Å²) < 4.78 is 0. The van der Waals surface area contributed by atoms with Crippen molar-refractivity contribution < 1.29 is 5.11 Å². The molecular weight excluding hydrogens is 184 g/mol. The molecule has 0 bridgehead atoms. The van der Waals surface area contributed by atoms with Crippen molar-refractivity contribution in [2.24, 2.45) is 0 Å². The van der Waals surface area contributed by atoms with Gasteiger partial charge in [-0.3, -0.25) is 0 Å². The average Bonchev–Trinajstić information content (AvgIpc) is 2.19. The van der Waals surface area contributed by atoms with Gasteiger partial charge in [-0.25, -0.2) is 0 Å². The fourth-order valence-electron chi connectivity index (χ4n) is 1.95. The average molecular weight is 206 g/mol. The van der Waals surface area contributed by atoms with E-state index in [-0.39, 0.29) is 0 Å². The molecule has 84 valence electrons. The zero-order valence-corrected chi connectivity index (χ0v) is 10.1. The first-order valence-corrected chi connectivity index (χ1v) is 5.92. The molecule has 0 saturated carbocycles. The highest BCUT2D eigenvalue weighted by atomic mass is 16.3. The number of aliphatic hydroxyl groups is 1. The molecule has 0 aromatic heterocycles. The van der Waals surface area contributed by atoms with Gasteiger partial charge in [-0.1, -0.05) is 51.0 Å². The fraction of sp³-hybridized carbons (Fsp3) is 0.571. The third-order valence-electron chi connectivity index (χ3n) is 2.85. The molecule has 0 saturated heterocycles. The molecule has 0 aliphatic rings. The highest BCUT2D eigenvalue weighted by Crippen LogP contribution is 2.26. The van der Waals surface area contributed by atoms with Crippen LogP contribution in [0.15, 0.2) is 24.3 Å². The highest BCUT2D eigenvalue weighted by molar-refractivity contribution is 5.26. The number of hydrogen-bond donors (Lipinski definition) is 1. The molecule has 1 rings (SSSR count). The van der Waals surface area contributed by atoms with Crippen molar-refractivity contribution in [3.8, 4) is 0 Å². The summed E-state index contributed by atoms with van der Waals surface area (Å²) in [6, 6.07) is 8.37. The summed E-state index contributed by atoms with van der Waals surface area (Å²) in [6.45, 7) is 6.17. The summed E-state index contributed by atoms with van der Waals surface area (Å²) in [5.74, 6) is 0. The van der Waals surface area contributed by atoms with E-state index >= 15 is 0 Å². The summed E-state index contributed by atoms with van der Waals surface area (Å²) in [7, 11) is 0. The zero-order chi connectivity index (χ0) is 11.3. The van der Waals surface area contributed by atoms with Gasteiger partial charge >= 0.3 is 0 Å². The lowest BCUT2D eigenvalue weighted by Crippen LogP contribution is -2.20. The fourth-order valence-corrected chi connectivity index (χ4v) is 1.95. The van der Waals surface area contributed by atoms with Crippen molar-refractivity contribution >= 4 is 0 Å². The van der Waals surface area contributed by atoms with Crippen molar-refractivity contribution in [2.75, 3.05) is 0 Å². The van der Waals surface area contributed by atoms with Crippen LogP contribution in [0, 0.1) is 0 Å². The van der Waals surface area contributed by atoms with Crippen LogP contribution in [0.5, 0.6) is 0 Å². The van der Waals surface area contributed by atoms with Gasteiger partial charge in [0, 0.05) is 0 Å². The molecule has 1 aromatic rings. The molecule has 1 atom stereocenters. The molecule has 0 amide bonds. The van der Waals surface area contributed by atoms with Gasteiger partial charge in [-0.2, -0.15) is 0 Å². The van der Waals surface area contributed by atoms with E-state index in [1.165, 1.54) is 12.0 Å². The SMILES string of the molecule is CCCc1ccc([C@@](C)(O)CCC)cc1. The Morgan fingerprint density at radius 1 is 1.07 bits per heavy atom. The quantitative estimate of drug-likeness (QED) is 0.779. The van der Waals surface area contributed by atoms with Crippen molar-refractivity contribution in [2.45, 2.75) is 52.1 Å². The second-order valence-corrected chi connectivity index (χ2v) is 4.47. The Labute approximate surface area is 93.1 Å². The second kappa shape index (κ2) is 5.32. The smallest absolute Gasteiger partial charge is 0.0868 e. The Morgan fingerprint density at radius 2 is 1.67 bits per heavy atom. The zero-order valence-electron chi connectivity index (χ0n) is 10.1. The maximum absolute atomic E-state index is 10.2. The van der Waals surface area contributed by atoms with Crippen LogP contribution in [-0.4, -0.2) is 5.11 Å². The lowest BCUT2D eigenvalue weighted by molar-refractivity contribution is 0.0469. The predicted octanol–water partition coefficient (Wildman–Crippen LogP) is 3.65. The summed E-state index contributed by atoms with van der Waals surface area (Å²) in [5, 5.41) is 10.2. The van der Waals surface area contributed by atoms with Gasteiger partial charge in [0.1, 0.15) is 0 Å².